The summed E-state index contributed by atoms with van der Waals surface area (Å²) >= 11 is 0. The zero-order valence-electron chi connectivity index (χ0n) is 13.7. The molecule has 2 nitrogen and oxygen atoms in total. The van der Waals surface area contributed by atoms with E-state index in [1.165, 1.54) is 6.92 Å². The number of hydrogen-bond donors (Lipinski definition) is 0. The van der Waals surface area contributed by atoms with Crippen LogP contribution in [0.2, 0.25) is 0 Å². The van der Waals surface area contributed by atoms with Gasteiger partial charge in [0.25, 0.3) is 0 Å². The van der Waals surface area contributed by atoms with Gasteiger partial charge in [-0.15, -0.1) is 0 Å². The first-order valence-corrected chi connectivity index (χ1v) is 8.18. The quantitative estimate of drug-likeness (QED) is 0.773. The molecular weight excluding hydrogens is 296 g/mol. The fourth-order valence-electron chi connectivity index (χ4n) is 3.28. The van der Waals surface area contributed by atoms with E-state index in [2.05, 4.69) is 0 Å². The molecule has 0 N–H and O–H groups in total. The molecule has 2 aromatic rings. The Balaban J connectivity index is 1.90. The molecular formula is C22H20O2. The number of benzene rings is 2. The molecule has 120 valence electrons. The Kier molecular flexibility index (Phi) is 4.85. The van der Waals surface area contributed by atoms with Crippen LogP contribution in [0.25, 0.3) is 6.08 Å². The van der Waals surface area contributed by atoms with Crippen LogP contribution < -0.4 is 0 Å². The highest BCUT2D eigenvalue weighted by Crippen LogP contribution is 2.37. The third-order valence-corrected chi connectivity index (χ3v) is 4.45. The minimum atomic E-state index is -0.568. The van der Waals surface area contributed by atoms with Crippen LogP contribution in [0.1, 0.15) is 30.4 Å². The van der Waals surface area contributed by atoms with E-state index in [0.717, 1.165) is 16.7 Å². The van der Waals surface area contributed by atoms with Crippen LogP contribution in [-0.4, -0.2) is 11.6 Å². The van der Waals surface area contributed by atoms with Gasteiger partial charge in [0.15, 0.2) is 5.78 Å². The van der Waals surface area contributed by atoms with Crippen molar-refractivity contribution in [1.82, 2.24) is 0 Å². The third kappa shape index (κ3) is 3.60. The number of rotatable bonds is 4. The number of carbonyl (C=O) groups is 2. The molecule has 0 bridgehead atoms. The third-order valence-electron chi connectivity index (χ3n) is 4.45. The van der Waals surface area contributed by atoms with Crippen LogP contribution in [-0.2, 0) is 9.59 Å². The Morgan fingerprint density at radius 2 is 1.58 bits per heavy atom. The second-order valence-corrected chi connectivity index (χ2v) is 6.18. The van der Waals surface area contributed by atoms with Gasteiger partial charge in [-0.05, 0) is 36.1 Å². The van der Waals surface area contributed by atoms with Gasteiger partial charge in [0.1, 0.15) is 5.78 Å². The summed E-state index contributed by atoms with van der Waals surface area (Å²) in [7, 11) is 0. The molecule has 24 heavy (non-hydrogen) atoms. The topological polar surface area (TPSA) is 34.1 Å². The molecule has 0 aliphatic heterocycles. The van der Waals surface area contributed by atoms with E-state index < -0.39 is 5.92 Å². The largest absolute Gasteiger partial charge is 0.299 e. The number of carbonyl (C=O) groups excluding carboxylic acids is 2. The van der Waals surface area contributed by atoms with Crippen LogP contribution in [0.5, 0.6) is 0 Å². The van der Waals surface area contributed by atoms with Crippen molar-refractivity contribution in [3.05, 3.63) is 89.5 Å². The lowest BCUT2D eigenvalue weighted by molar-refractivity contribution is -0.130. The molecule has 1 aliphatic rings. The normalized spacial score (nSPS) is 20.9. The Hall–Kier alpha value is -2.74. The summed E-state index contributed by atoms with van der Waals surface area (Å²) in [5.74, 6) is -0.801. The van der Waals surface area contributed by atoms with Gasteiger partial charge < -0.3 is 0 Å². The van der Waals surface area contributed by atoms with E-state index in [9.17, 15) is 9.59 Å². The number of hydrogen-bond acceptors (Lipinski definition) is 2. The first kappa shape index (κ1) is 16.1. The van der Waals surface area contributed by atoms with E-state index in [-0.39, 0.29) is 17.5 Å². The Bertz CT molecular complexity index is 785. The molecule has 1 aliphatic carbocycles. The first-order valence-electron chi connectivity index (χ1n) is 8.18. The summed E-state index contributed by atoms with van der Waals surface area (Å²) in [5.41, 5.74) is 3.11. The molecule has 2 heteroatoms. The molecule has 2 atom stereocenters. The monoisotopic (exact) mass is 316 g/mol. The Labute approximate surface area is 142 Å². The maximum absolute atomic E-state index is 12.5. The number of Topliss-reactive ketones (excluding diaryl/α,β-unsaturated/α-hetero) is 1. The summed E-state index contributed by atoms with van der Waals surface area (Å²) in [6, 6.07) is 19.8. The lowest BCUT2D eigenvalue weighted by Crippen LogP contribution is -2.31. The van der Waals surface area contributed by atoms with Gasteiger partial charge in [-0.3, -0.25) is 9.59 Å². The van der Waals surface area contributed by atoms with Crippen molar-refractivity contribution in [2.24, 2.45) is 5.92 Å². The van der Waals surface area contributed by atoms with Gasteiger partial charge in [-0.1, -0.05) is 72.8 Å². The summed E-state index contributed by atoms with van der Waals surface area (Å²) in [6.45, 7) is 1.51. The molecule has 0 saturated heterocycles. The van der Waals surface area contributed by atoms with Crippen molar-refractivity contribution < 1.29 is 9.59 Å². The maximum atomic E-state index is 12.5. The zero-order valence-corrected chi connectivity index (χ0v) is 13.7. The summed E-state index contributed by atoms with van der Waals surface area (Å²) in [4.78, 5) is 24.5. The molecule has 0 saturated carbocycles. The molecule has 0 spiro atoms. The van der Waals surface area contributed by atoms with Gasteiger partial charge in [-0.2, -0.15) is 0 Å². The predicted octanol–water partition coefficient (Wildman–Crippen LogP) is 4.59. The zero-order chi connectivity index (χ0) is 16.9. The van der Waals surface area contributed by atoms with Crippen LogP contribution in [0, 0.1) is 5.92 Å². The standard InChI is InChI=1S/C22H20O2/c1-16(23)22-20(19-10-6-3-7-11-19)14-18(15-21(22)24)13-12-17-8-4-2-5-9-17/h2-13,15,20,22H,14H2,1H3/b13-12+/t20-,22-/m1/s1. The maximum Gasteiger partial charge on any atom is 0.167 e. The molecule has 3 rings (SSSR count). The van der Waals surface area contributed by atoms with Crippen LogP contribution in [0.3, 0.4) is 0 Å². The van der Waals surface area contributed by atoms with Crippen molar-refractivity contribution >= 4 is 17.6 Å². The fourth-order valence-corrected chi connectivity index (χ4v) is 3.28. The molecule has 0 heterocycles. The van der Waals surface area contributed by atoms with Gasteiger partial charge >= 0.3 is 0 Å². The lowest BCUT2D eigenvalue weighted by atomic mass is 9.73. The van der Waals surface area contributed by atoms with Gasteiger partial charge in [0.2, 0.25) is 0 Å². The van der Waals surface area contributed by atoms with E-state index in [1.54, 1.807) is 6.08 Å². The highest BCUT2D eigenvalue weighted by molar-refractivity contribution is 6.09. The van der Waals surface area contributed by atoms with Crippen LogP contribution in [0.15, 0.2) is 78.4 Å². The van der Waals surface area contributed by atoms with E-state index >= 15 is 0 Å². The Morgan fingerprint density at radius 3 is 2.21 bits per heavy atom. The van der Waals surface area contributed by atoms with Crippen molar-refractivity contribution in [2.45, 2.75) is 19.3 Å². The second-order valence-electron chi connectivity index (χ2n) is 6.18. The molecule has 0 radical (unpaired) electrons. The Morgan fingerprint density at radius 1 is 0.958 bits per heavy atom. The summed E-state index contributed by atoms with van der Waals surface area (Å²) < 4.78 is 0. The minimum absolute atomic E-state index is 0.0591. The highest BCUT2D eigenvalue weighted by atomic mass is 16.1. The smallest absolute Gasteiger partial charge is 0.167 e. The van der Waals surface area contributed by atoms with Crippen LogP contribution >= 0.6 is 0 Å². The average molecular weight is 316 g/mol. The van der Waals surface area contributed by atoms with Crippen LogP contribution in [0.4, 0.5) is 0 Å². The molecule has 0 fully saturated rings. The van der Waals surface area contributed by atoms with E-state index in [0.29, 0.717) is 6.42 Å². The molecule has 2 aromatic carbocycles. The van der Waals surface area contributed by atoms with Gasteiger partial charge in [-0.25, -0.2) is 0 Å². The average Bonchev–Trinajstić information content (AvgIpc) is 2.60. The van der Waals surface area contributed by atoms with Crippen molar-refractivity contribution in [3.63, 3.8) is 0 Å². The lowest BCUT2D eigenvalue weighted by Gasteiger charge is -2.28. The molecule has 0 amide bonds. The number of ketones is 2. The molecule has 0 aromatic heterocycles. The summed E-state index contributed by atoms with van der Waals surface area (Å²) in [5, 5.41) is 0. The van der Waals surface area contributed by atoms with Crippen molar-refractivity contribution in [3.8, 4) is 0 Å². The van der Waals surface area contributed by atoms with E-state index in [4.69, 9.17) is 0 Å². The van der Waals surface area contributed by atoms with Crippen molar-refractivity contribution in [2.75, 3.05) is 0 Å². The highest BCUT2D eigenvalue weighted by Gasteiger charge is 2.35. The van der Waals surface area contributed by atoms with Gasteiger partial charge in [0.05, 0.1) is 5.92 Å². The van der Waals surface area contributed by atoms with Crippen molar-refractivity contribution in [1.29, 1.82) is 0 Å². The minimum Gasteiger partial charge on any atom is -0.299 e. The second kappa shape index (κ2) is 7.22. The van der Waals surface area contributed by atoms with E-state index in [1.807, 2.05) is 72.8 Å². The fraction of sp³-hybridized carbons (Fsp3) is 0.182. The molecule has 0 unspecified atom stereocenters. The first-order chi connectivity index (χ1) is 11.6. The summed E-state index contributed by atoms with van der Waals surface area (Å²) in [6.07, 6.45) is 6.32. The van der Waals surface area contributed by atoms with Gasteiger partial charge in [0, 0.05) is 5.92 Å². The predicted molar refractivity (Wildman–Crippen MR) is 96.5 cm³/mol. The SMILES string of the molecule is CC(=O)[C@H]1C(=O)C=C(/C=C/c2ccccc2)C[C@@H]1c1ccccc1. The number of allylic oxidation sites excluding steroid dienone is 3.